The van der Waals surface area contributed by atoms with Crippen molar-refractivity contribution in [3.63, 3.8) is 0 Å². The van der Waals surface area contributed by atoms with Crippen molar-refractivity contribution in [3.8, 4) is 0 Å². The van der Waals surface area contributed by atoms with Gasteiger partial charge in [-0.1, -0.05) is 134 Å². The Morgan fingerprint density at radius 1 is 0.516 bits per heavy atom. The van der Waals surface area contributed by atoms with E-state index in [9.17, 15) is 45.3 Å². The lowest BCUT2D eigenvalue weighted by Crippen LogP contribution is -2.61. The molecule has 2 heterocycles. The number of carbonyl (C=O) groups excluding carboxylic acids is 2. The van der Waals surface area contributed by atoms with Gasteiger partial charge in [0.1, 0.15) is 55.4 Å². The van der Waals surface area contributed by atoms with E-state index >= 15 is 0 Å². The number of ether oxygens (including phenoxy) is 6. The first-order chi connectivity index (χ1) is 30.0. The Kier molecular flexibility index (Phi) is 31.9. The molecule has 11 unspecified atom stereocenters. The van der Waals surface area contributed by atoms with E-state index in [1.54, 1.807) is 0 Å². The SMILES string of the molecule is CCCCCC=CCC=CCCCCCCCC(=O)OCC(COC1OC(COC2OC(CO)C(O)C(O)C2O)C(O)C(O)C1O)OC(=O)CCCCCCCCCCCCC. The summed E-state index contributed by atoms with van der Waals surface area (Å²) >= 11 is 0. The third-order valence-corrected chi connectivity index (χ3v) is 11.4. The molecule has 0 aromatic rings. The van der Waals surface area contributed by atoms with Gasteiger partial charge < -0.3 is 64.2 Å². The fraction of sp³-hybridized carbons (Fsp3) is 0.872. The van der Waals surface area contributed by atoms with Crippen LogP contribution < -0.4 is 0 Å². The summed E-state index contributed by atoms with van der Waals surface area (Å²) in [7, 11) is 0. The second-order valence-electron chi connectivity index (χ2n) is 16.9. The lowest BCUT2D eigenvalue weighted by molar-refractivity contribution is -0.332. The average Bonchev–Trinajstić information content (AvgIpc) is 3.26. The van der Waals surface area contributed by atoms with Gasteiger partial charge in [0, 0.05) is 12.8 Å². The third kappa shape index (κ3) is 23.8. The Morgan fingerprint density at radius 3 is 1.53 bits per heavy atom. The standard InChI is InChI=1S/C47H84O15/c1-3-5-7-9-11-13-15-16-17-18-20-21-23-25-27-29-38(49)57-32-35(60-39(50)30-28-26-24-22-19-14-12-10-8-6-4-2)33-58-46-45(56)43(54)41(52)37(62-46)34-59-47-44(55)42(53)40(51)36(31-48)61-47/h11,13,16-17,35-37,40-48,51-56H,3-10,12,14-15,18-34H2,1-2H3. The monoisotopic (exact) mass is 889 g/mol. The molecular formula is C47H84O15. The van der Waals surface area contributed by atoms with Crippen LogP contribution in [-0.2, 0) is 38.0 Å². The summed E-state index contributed by atoms with van der Waals surface area (Å²) in [5.74, 6) is -0.939. The predicted octanol–water partition coefficient (Wildman–Crippen LogP) is 5.60. The van der Waals surface area contributed by atoms with Crippen LogP contribution in [0.25, 0.3) is 0 Å². The number of esters is 2. The average molecular weight is 889 g/mol. The van der Waals surface area contributed by atoms with Crippen LogP contribution >= 0.6 is 0 Å². The number of carbonyl (C=O) groups is 2. The van der Waals surface area contributed by atoms with Gasteiger partial charge in [-0.2, -0.15) is 0 Å². The molecule has 0 aromatic heterocycles. The summed E-state index contributed by atoms with van der Waals surface area (Å²) in [4.78, 5) is 25.6. The summed E-state index contributed by atoms with van der Waals surface area (Å²) in [6, 6.07) is 0. The highest BCUT2D eigenvalue weighted by molar-refractivity contribution is 5.70. The van der Waals surface area contributed by atoms with Gasteiger partial charge in [-0.15, -0.1) is 0 Å². The lowest BCUT2D eigenvalue weighted by Gasteiger charge is -2.42. The summed E-state index contributed by atoms with van der Waals surface area (Å²) in [6.07, 6.45) is 16.4. The van der Waals surface area contributed by atoms with Gasteiger partial charge in [0.25, 0.3) is 0 Å². The van der Waals surface area contributed by atoms with Gasteiger partial charge in [0.2, 0.25) is 0 Å². The molecule has 2 aliphatic rings. The maximum Gasteiger partial charge on any atom is 0.306 e. The summed E-state index contributed by atoms with van der Waals surface area (Å²) in [5.41, 5.74) is 0. The zero-order valence-corrected chi connectivity index (χ0v) is 37.9. The zero-order valence-electron chi connectivity index (χ0n) is 37.9. The molecule has 2 rings (SSSR count). The van der Waals surface area contributed by atoms with Gasteiger partial charge in [-0.05, 0) is 44.9 Å². The van der Waals surface area contributed by atoms with E-state index in [4.69, 9.17) is 28.4 Å². The molecular weight excluding hydrogens is 805 g/mol. The fourth-order valence-electron chi connectivity index (χ4n) is 7.42. The van der Waals surface area contributed by atoms with Crippen LogP contribution in [0.5, 0.6) is 0 Å². The van der Waals surface area contributed by atoms with Crippen molar-refractivity contribution in [2.24, 2.45) is 0 Å². The van der Waals surface area contributed by atoms with Crippen LogP contribution in [-0.4, -0.2) is 142 Å². The number of rotatable bonds is 36. The zero-order chi connectivity index (χ0) is 45.4. The molecule has 0 saturated carbocycles. The Labute approximate surface area is 371 Å². The topological polar surface area (TPSA) is 231 Å². The van der Waals surface area contributed by atoms with Crippen LogP contribution in [0.1, 0.15) is 168 Å². The fourth-order valence-corrected chi connectivity index (χ4v) is 7.42. The van der Waals surface area contributed by atoms with E-state index < -0.39 is 92.7 Å². The van der Waals surface area contributed by atoms with E-state index in [0.29, 0.717) is 12.8 Å². The van der Waals surface area contributed by atoms with Crippen molar-refractivity contribution in [1.82, 2.24) is 0 Å². The Hall–Kier alpha value is -2.02. The van der Waals surface area contributed by atoms with Gasteiger partial charge in [0.05, 0.1) is 19.8 Å². The van der Waals surface area contributed by atoms with E-state index in [2.05, 4.69) is 38.2 Å². The normalized spacial score (nSPS) is 27.2. The van der Waals surface area contributed by atoms with Gasteiger partial charge >= 0.3 is 11.9 Å². The summed E-state index contributed by atoms with van der Waals surface area (Å²) < 4.78 is 33.5. The highest BCUT2D eigenvalue weighted by Gasteiger charge is 2.47. The Bertz CT molecular complexity index is 1180. The molecule has 7 N–H and O–H groups in total. The molecule has 0 amide bonds. The van der Waals surface area contributed by atoms with Crippen molar-refractivity contribution >= 4 is 11.9 Å². The predicted molar refractivity (Wildman–Crippen MR) is 234 cm³/mol. The molecule has 0 aliphatic carbocycles. The Balaban J connectivity index is 1.84. The first-order valence-electron chi connectivity index (χ1n) is 23.9. The summed E-state index contributed by atoms with van der Waals surface area (Å²) in [6.45, 7) is 2.53. The van der Waals surface area contributed by atoms with E-state index in [0.717, 1.165) is 64.2 Å². The maximum atomic E-state index is 12.9. The van der Waals surface area contributed by atoms with Gasteiger partial charge in [0.15, 0.2) is 18.7 Å². The van der Waals surface area contributed by atoms with Crippen molar-refractivity contribution < 1.29 is 73.8 Å². The van der Waals surface area contributed by atoms with Crippen LogP contribution in [0.2, 0.25) is 0 Å². The molecule has 362 valence electrons. The summed E-state index contributed by atoms with van der Waals surface area (Å²) in [5, 5.41) is 71.9. The van der Waals surface area contributed by atoms with Crippen LogP contribution in [0.4, 0.5) is 0 Å². The highest BCUT2D eigenvalue weighted by atomic mass is 16.7. The molecule has 2 aliphatic heterocycles. The molecule has 11 atom stereocenters. The van der Waals surface area contributed by atoms with Crippen LogP contribution in [0.3, 0.4) is 0 Å². The number of aliphatic hydroxyl groups excluding tert-OH is 7. The van der Waals surface area contributed by atoms with Crippen molar-refractivity contribution in [2.75, 3.05) is 26.4 Å². The van der Waals surface area contributed by atoms with Crippen molar-refractivity contribution in [1.29, 1.82) is 0 Å². The quantitative estimate of drug-likeness (QED) is 0.0231. The molecule has 0 aromatic carbocycles. The van der Waals surface area contributed by atoms with Crippen LogP contribution in [0, 0.1) is 0 Å². The number of allylic oxidation sites excluding steroid dienone is 4. The van der Waals surface area contributed by atoms with Crippen molar-refractivity contribution in [2.45, 2.75) is 235 Å². The van der Waals surface area contributed by atoms with Crippen molar-refractivity contribution in [3.05, 3.63) is 24.3 Å². The minimum absolute atomic E-state index is 0.165. The molecule has 0 bridgehead atoms. The molecule has 0 radical (unpaired) electrons. The minimum atomic E-state index is -1.76. The number of unbranched alkanes of at least 4 members (excludes halogenated alkanes) is 18. The largest absolute Gasteiger partial charge is 0.462 e. The number of hydrogen-bond acceptors (Lipinski definition) is 15. The smallest absolute Gasteiger partial charge is 0.306 e. The third-order valence-electron chi connectivity index (χ3n) is 11.4. The highest BCUT2D eigenvalue weighted by Crippen LogP contribution is 2.26. The molecule has 15 heteroatoms. The molecule has 2 saturated heterocycles. The lowest BCUT2D eigenvalue weighted by atomic mass is 9.98. The second kappa shape index (κ2) is 35.3. The first-order valence-corrected chi connectivity index (χ1v) is 23.9. The molecule has 0 spiro atoms. The van der Waals surface area contributed by atoms with Crippen LogP contribution in [0.15, 0.2) is 24.3 Å². The van der Waals surface area contributed by atoms with E-state index in [-0.39, 0.29) is 26.1 Å². The minimum Gasteiger partial charge on any atom is -0.462 e. The maximum absolute atomic E-state index is 12.9. The first kappa shape index (κ1) is 56.1. The van der Waals surface area contributed by atoms with E-state index in [1.165, 1.54) is 64.2 Å². The second-order valence-corrected chi connectivity index (χ2v) is 16.9. The molecule has 15 nitrogen and oxygen atoms in total. The number of hydrogen-bond donors (Lipinski definition) is 7. The van der Waals surface area contributed by atoms with Gasteiger partial charge in [-0.25, -0.2) is 0 Å². The van der Waals surface area contributed by atoms with E-state index in [1.807, 2.05) is 0 Å². The Morgan fingerprint density at radius 2 is 0.968 bits per heavy atom. The molecule has 2 fully saturated rings. The number of aliphatic hydroxyl groups is 7. The molecule has 62 heavy (non-hydrogen) atoms. The van der Waals surface area contributed by atoms with Gasteiger partial charge in [-0.3, -0.25) is 9.59 Å².